The molecule has 0 spiro atoms. The maximum atomic E-state index is 5.18. The third kappa shape index (κ3) is 3.16. The van der Waals surface area contributed by atoms with Crippen LogP contribution in [0.1, 0.15) is 26.2 Å². The summed E-state index contributed by atoms with van der Waals surface area (Å²) in [5, 5.41) is 3.53. The minimum Gasteiger partial charge on any atom is -0.383 e. The largest absolute Gasteiger partial charge is 0.383 e. The van der Waals surface area contributed by atoms with Gasteiger partial charge in [0.05, 0.1) is 6.61 Å². The standard InChI is InChI=1S/C12H24N2O/c1-10-11(5-6-13-10)9-14(7-8-15-2)12-3-4-12/h10-13H,3-9H2,1-2H3. The minimum atomic E-state index is 0.703. The Balaban J connectivity index is 1.77. The number of methoxy groups -OCH3 is 1. The van der Waals surface area contributed by atoms with Crippen molar-refractivity contribution in [3.8, 4) is 0 Å². The summed E-state index contributed by atoms with van der Waals surface area (Å²) in [5.74, 6) is 0.849. The zero-order valence-electron chi connectivity index (χ0n) is 10.0. The van der Waals surface area contributed by atoms with E-state index in [0.717, 1.165) is 25.1 Å². The summed E-state index contributed by atoms with van der Waals surface area (Å²) in [6, 6.07) is 1.57. The van der Waals surface area contributed by atoms with Crippen LogP contribution in [-0.4, -0.2) is 50.3 Å². The second-order valence-electron chi connectivity index (χ2n) is 5.01. The van der Waals surface area contributed by atoms with Crippen LogP contribution in [0.3, 0.4) is 0 Å². The Morgan fingerprint density at radius 2 is 2.13 bits per heavy atom. The zero-order valence-corrected chi connectivity index (χ0v) is 10.0. The molecule has 1 heterocycles. The zero-order chi connectivity index (χ0) is 10.7. The van der Waals surface area contributed by atoms with Crippen molar-refractivity contribution in [2.45, 2.75) is 38.3 Å². The molecule has 0 aromatic carbocycles. The van der Waals surface area contributed by atoms with E-state index in [1.165, 1.54) is 32.4 Å². The Kier molecular flexibility index (Phi) is 4.00. The molecule has 1 aliphatic carbocycles. The molecule has 3 heteroatoms. The molecule has 1 aliphatic heterocycles. The lowest BCUT2D eigenvalue weighted by molar-refractivity contribution is 0.130. The molecule has 0 radical (unpaired) electrons. The number of hydrogen-bond donors (Lipinski definition) is 1. The van der Waals surface area contributed by atoms with Gasteiger partial charge >= 0.3 is 0 Å². The second kappa shape index (κ2) is 5.28. The lowest BCUT2D eigenvalue weighted by Gasteiger charge is -2.26. The van der Waals surface area contributed by atoms with Crippen LogP contribution >= 0.6 is 0 Å². The Labute approximate surface area is 93.2 Å². The summed E-state index contributed by atoms with van der Waals surface area (Å²) < 4.78 is 5.18. The van der Waals surface area contributed by atoms with Crippen LogP contribution in [-0.2, 0) is 4.74 Å². The second-order valence-corrected chi connectivity index (χ2v) is 5.01. The van der Waals surface area contributed by atoms with Gasteiger partial charge in [0.1, 0.15) is 0 Å². The van der Waals surface area contributed by atoms with Gasteiger partial charge in [-0.1, -0.05) is 0 Å². The van der Waals surface area contributed by atoms with E-state index in [9.17, 15) is 0 Å². The highest BCUT2D eigenvalue weighted by Crippen LogP contribution is 2.29. The highest BCUT2D eigenvalue weighted by molar-refractivity contribution is 4.89. The van der Waals surface area contributed by atoms with E-state index >= 15 is 0 Å². The van der Waals surface area contributed by atoms with E-state index in [1.54, 1.807) is 7.11 Å². The molecule has 1 saturated heterocycles. The first-order valence-corrected chi connectivity index (χ1v) is 6.27. The monoisotopic (exact) mass is 212 g/mol. The van der Waals surface area contributed by atoms with Crippen LogP contribution in [0.15, 0.2) is 0 Å². The summed E-state index contributed by atoms with van der Waals surface area (Å²) in [6.45, 7) is 6.78. The van der Waals surface area contributed by atoms with Crippen molar-refractivity contribution in [2.75, 3.05) is 33.4 Å². The van der Waals surface area contributed by atoms with Crippen LogP contribution in [0, 0.1) is 5.92 Å². The minimum absolute atomic E-state index is 0.703. The highest BCUT2D eigenvalue weighted by Gasteiger charge is 2.32. The fourth-order valence-electron chi connectivity index (χ4n) is 2.53. The van der Waals surface area contributed by atoms with Gasteiger partial charge < -0.3 is 10.1 Å². The van der Waals surface area contributed by atoms with E-state index in [2.05, 4.69) is 17.1 Å². The smallest absolute Gasteiger partial charge is 0.0589 e. The number of hydrogen-bond acceptors (Lipinski definition) is 3. The third-order valence-corrected chi connectivity index (χ3v) is 3.80. The Morgan fingerprint density at radius 3 is 2.67 bits per heavy atom. The van der Waals surface area contributed by atoms with Crippen molar-refractivity contribution in [1.29, 1.82) is 0 Å². The van der Waals surface area contributed by atoms with E-state index in [4.69, 9.17) is 4.74 Å². The molecule has 2 rings (SSSR count). The topological polar surface area (TPSA) is 24.5 Å². The summed E-state index contributed by atoms with van der Waals surface area (Å²) in [7, 11) is 1.80. The van der Waals surface area contributed by atoms with Gasteiger partial charge in [-0.15, -0.1) is 0 Å². The first-order valence-electron chi connectivity index (χ1n) is 6.27. The summed E-state index contributed by atoms with van der Waals surface area (Å²) in [4.78, 5) is 2.64. The van der Waals surface area contributed by atoms with Gasteiger partial charge in [-0.25, -0.2) is 0 Å². The van der Waals surface area contributed by atoms with Gasteiger partial charge in [0.25, 0.3) is 0 Å². The summed E-state index contributed by atoms with van der Waals surface area (Å²) in [5.41, 5.74) is 0. The lowest BCUT2D eigenvalue weighted by atomic mass is 10.0. The van der Waals surface area contributed by atoms with Crippen molar-refractivity contribution in [3.05, 3.63) is 0 Å². The molecule has 0 aromatic rings. The molecule has 88 valence electrons. The molecule has 2 aliphatic rings. The molecule has 2 fully saturated rings. The summed E-state index contributed by atoms with van der Waals surface area (Å²) in [6.07, 6.45) is 4.15. The molecule has 1 saturated carbocycles. The normalized spacial score (nSPS) is 31.4. The maximum absolute atomic E-state index is 5.18. The van der Waals surface area contributed by atoms with Crippen molar-refractivity contribution in [2.24, 2.45) is 5.92 Å². The Bertz CT molecular complexity index is 194. The van der Waals surface area contributed by atoms with Gasteiger partial charge in [0.2, 0.25) is 0 Å². The molecule has 2 atom stereocenters. The predicted octanol–water partition coefficient (Wildman–Crippen LogP) is 1.10. The van der Waals surface area contributed by atoms with Gasteiger partial charge in [-0.2, -0.15) is 0 Å². The maximum Gasteiger partial charge on any atom is 0.0589 e. The Hall–Kier alpha value is -0.120. The average molecular weight is 212 g/mol. The Morgan fingerprint density at radius 1 is 1.33 bits per heavy atom. The molecule has 15 heavy (non-hydrogen) atoms. The van der Waals surface area contributed by atoms with E-state index < -0.39 is 0 Å². The van der Waals surface area contributed by atoms with Gasteiger partial charge in [0.15, 0.2) is 0 Å². The first kappa shape index (κ1) is 11.4. The fraction of sp³-hybridized carbons (Fsp3) is 1.00. The van der Waals surface area contributed by atoms with Crippen molar-refractivity contribution >= 4 is 0 Å². The molecule has 0 aromatic heterocycles. The van der Waals surface area contributed by atoms with Crippen molar-refractivity contribution < 1.29 is 4.74 Å². The third-order valence-electron chi connectivity index (χ3n) is 3.80. The number of ether oxygens (including phenoxy) is 1. The molecule has 0 amide bonds. The van der Waals surface area contributed by atoms with Gasteiger partial charge in [-0.3, -0.25) is 4.90 Å². The van der Waals surface area contributed by atoms with Crippen molar-refractivity contribution in [3.63, 3.8) is 0 Å². The molecular weight excluding hydrogens is 188 g/mol. The summed E-state index contributed by atoms with van der Waals surface area (Å²) >= 11 is 0. The van der Waals surface area contributed by atoms with Gasteiger partial charge in [-0.05, 0) is 38.6 Å². The van der Waals surface area contributed by atoms with E-state index in [1.807, 2.05) is 0 Å². The SMILES string of the molecule is COCCN(CC1CCNC1C)C1CC1. The van der Waals surface area contributed by atoms with E-state index in [0.29, 0.717) is 6.04 Å². The van der Waals surface area contributed by atoms with Crippen LogP contribution in [0.25, 0.3) is 0 Å². The average Bonchev–Trinajstić information content (AvgIpc) is 2.99. The molecule has 1 N–H and O–H groups in total. The molecular formula is C12H24N2O. The highest BCUT2D eigenvalue weighted by atomic mass is 16.5. The van der Waals surface area contributed by atoms with Crippen molar-refractivity contribution in [1.82, 2.24) is 10.2 Å². The lowest BCUT2D eigenvalue weighted by Crippen LogP contribution is -2.37. The van der Waals surface area contributed by atoms with Crippen LogP contribution in [0.4, 0.5) is 0 Å². The fourth-order valence-corrected chi connectivity index (χ4v) is 2.53. The van der Waals surface area contributed by atoms with E-state index in [-0.39, 0.29) is 0 Å². The quantitative estimate of drug-likeness (QED) is 0.713. The molecule has 3 nitrogen and oxygen atoms in total. The van der Waals surface area contributed by atoms with Gasteiger partial charge in [0, 0.05) is 32.3 Å². The number of nitrogens with one attached hydrogen (secondary N) is 1. The van der Waals surface area contributed by atoms with Crippen LogP contribution in [0.5, 0.6) is 0 Å². The molecule has 2 unspecified atom stereocenters. The number of rotatable bonds is 6. The number of nitrogens with zero attached hydrogens (tertiary/aromatic N) is 1. The predicted molar refractivity (Wildman–Crippen MR) is 62.0 cm³/mol. The first-order chi connectivity index (χ1) is 7.31. The van der Waals surface area contributed by atoms with Crippen LogP contribution in [0.2, 0.25) is 0 Å². The molecule has 0 bridgehead atoms. The van der Waals surface area contributed by atoms with Crippen LogP contribution < -0.4 is 5.32 Å².